The van der Waals surface area contributed by atoms with Crippen LogP contribution >= 0.6 is 15.9 Å². The smallest absolute Gasteiger partial charge is 0.410 e. The van der Waals surface area contributed by atoms with Crippen LogP contribution in [-0.2, 0) is 4.74 Å². The van der Waals surface area contributed by atoms with Gasteiger partial charge in [0.2, 0.25) is 0 Å². The zero-order valence-corrected chi connectivity index (χ0v) is 25.8. The number of likely N-dealkylation sites (tertiary alicyclic amines) is 1. The van der Waals surface area contributed by atoms with Crippen LogP contribution in [0.1, 0.15) is 59.4 Å². The summed E-state index contributed by atoms with van der Waals surface area (Å²) in [5, 5.41) is 16.1. The predicted octanol–water partition coefficient (Wildman–Crippen LogP) is 6.27. The third-order valence-electron chi connectivity index (χ3n) is 7.79. The average molecular weight is 625 g/mol. The zero-order valence-electron chi connectivity index (χ0n) is 24.2. The molecule has 4 unspecified atom stereocenters. The molecule has 3 aliphatic heterocycles. The van der Waals surface area contributed by atoms with Crippen molar-refractivity contribution in [3.8, 4) is 5.88 Å². The lowest BCUT2D eigenvalue weighted by Gasteiger charge is -2.38. The molecule has 40 heavy (non-hydrogen) atoms. The van der Waals surface area contributed by atoms with E-state index in [1.165, 1.54) is 0 Å². The summed E-state index contributed by atoms with van der Waals surface area (Å²) in [5.41, 5.74) is -0.220. The highest BCUT2D eigenvalue weighted by atomic mass is 79.9. The number of anilines is 1. The number of hydrogen-bond acceptors (Lipinski definition) is 8. The minimum atomic E-state index is -0.630. The number of pyridine rings is 1. The number of likely N-dealkylation sites (N-methyl/N-ethyl adjacent to an activating group) is 1. The molecule has 0 radical (unpaired) electrons. The number of halogens is 2. The molecule has 4 aliphatic rings. The van der Waals surface area contributed by atoms with Crippen molar-refractivity contribution in [3.63, 3.8) is 0 Å². The second-order valence-corrected chi connectivity index (χ2v) is 12.4. The second kappa shape index (κ2) is 11.6. The molecule has 12 heteroatoms. The molecule has 10 nitrogen and oxygen atoms in total. The number of fused-ring (bicyclic) bond motifs is 2. The lowest BCUT2D eigenvalue weighted by molar-refractivity contribution is -0.385. The molecular formula is C28H39BrFN5O5. The number of rotatable bonds is 6. The molecule has 0 spiro atoms. The third kappa shape index (κ3) is 5.70. The van der Waals surface area contributed by atoms with Crippen molar-refractivity contribution in [1.82, 2.24) is 14.8 Å². The van der Waals surface area contributed by atoms with Crippen LogP contribution in [0.2, 0.25) is 0 Å². The molecule has 1 aromatic carbocycles. The molecule has 2 aromatic rings. The van der Waals surface area contributed by atoms with E-state index in [9.17, 15) is 14.9 Å². The second-order valence-electron chi connectivity index (χ2n) is 11.6. The molecule has 3 saturated heterocycles. The summed E-state index contributed by atoms with van der Waals surface area (Å²) < 4.78 is 27.2. The fraction of sp³-hybridized carbons (Fsp3) is 0.643. The summed E-state index contributed by atoms with van der Waals surface area (Å²) in [6.07, 6.45) is 2.29. The predicted molar refractivity (Wildman–Crippen MR) is 156 cm³/mol. The van der Waals surface area contributed by atoms with Gasteiger partial charge < -0.3 is 24.6 Å². The van der Waals surface area contributed by atoms with E-state index in [1.807, 2.05) is 41.7 Å². The molecule has 1 aromatic heterocycles. The SMILES string of the molecule is CC.Cc1cc2c(NC3C4CC3N(C(=O)OC(C)(C)C)C4)c([N+](=O)[O-])c(OCC3CCCN3C)nc2c(F)c1Br. The van der Waals surface area contributed by atoms with Crippen LogP contribution in [0.4, 0.5) is 20.6 Å². The monoisotopic (exact) mass is 623 g/mol. The molecule has 2 bridgehead atoms. The van der Waals surface area contributed by atoms with Gasteiger partial charge in [-0.1, -0.05) is 13.8 Å². The van der Waals surface area contributed by atoms with E-state index in [-0.39, 0.29) is 57.9 Å². The van der Waals surface area contributed by atoms with Crippen LogP contribution < -0.4 is 10.1 Å². The number of hydrogen-bond donors (Lipinski definition) is 1. The van der Waals surface area contributed by atoms with Gasteiger partial charge in [-0.05, 0) is 88.1 Å². The van der Waals surface area contributed by atoms with Crippen molar-refractivity contribution in [1.29, 1.82) is 0 Å². The Bertz CT molecular complexity index is 1300. The first-order valence-electron chi connectivity index (χ1n) is 13.9. The van der Waals surface area contributed by atoms with E-state index in [4.69, 9.17) is 9.47 Å². The number of nitrogens with one attached hydrogen (secondary N) is 1. The van der Waals surface area contributed by atoms with Crippen molar-refractivity contribution < 1.29 is 23.6 Å². The van der Waals surface area contributed by atoms with E-state index < -0.39 is 22.4 Å². The Hall–Kier alpha value is -2.73. The minimum Gasteiger partial charge on any atom is -0.471 e. The number of amides is 1. The van der Waals surface area contributed by atoms with Gasteiger partial charge in [-0.2, -0.15) is 0 Å². The number of nitrogens with zero attached hydrogens (tertiary/aromatic N) is 4. The van der Waals surface area contributed by atoms with E-state index in [0.29, 0.717) is 17.5 Å². The number of aromatic nitrogens is 1. The van der Waals surface area contributed by atoms with Crippen molar-refractivity contribution in [2.45, 2.75) is 84.5 Å². The summed E-state index contributed by atoms with van der Waals surface area (Å²) in [7, 11) is 1.98. The van der Waals surface area contributed by atoms with Gasteiger partial charge in [-0.15, -0.1) is 0 Å². The lowest BCUT2D eigenvalue weighted by atomic mass is 9.79. The van der Waals surface area contributed by atoms with Gasteiger partial charge in [-0.3, -0.25) is 10.1 Å². The molecule has 220 valence electrons. The van der Waals surface area contributed by atoms with Crippen molar-refractivity contribution in [3.05, 3.63) is 32.0 Å². The summed E-state index contributed by atoms with van der Waals surface area (Å²) in [6, 6.07) is 1.36. The topological polar surface area (TPSA) is 110 Å². The first-order chi connectivity index (χ1) is 18.9. The van der Waals surface area contributed by atoms with Gasteiger partial charge >= 0.3 is 11.8 Å². The average Bonchev–Trinajstić information content (AvgIpc) is 3.60. The number of nitro groups is 1. The molecule has 4 fully saturated rings. The Labute approximate surface area is 242 Å². The Morgan fingerprint density at radius 1 is 1.35 bits per heavy atom. The standard InChI is InChI=1S/C26H33BrFN5O5.C2H6/c1-13-9-16-21(19(28)18(13)27)30-24(37-12-15-7-6-8-31(15)5)23(33(35)36)22(16)29-20-14-10-17(20)32(11-14)25(34)38-26(2,3)4;1-2/h9,14-15,17,20H,6-8,10-12H2,1-5H3,(H,29,30);1-2H3. The van der Waals surface area contributed by atoms with Crippen molar-refractivity contribution in [2.75, 3.05) is 32.1 Å². The highest BCUT2D eigenvalue weighted by molar-refractivity contribution is 9.10. The highest BCUT2D eigenvalue weighted by Crippen LogP contribution is 2.48. The molecule has 6 rings (SSSR count). The Morgan fingerprint density at radius 2 is 2.05 bits per heavy atom. The molecule has 4 heterocycles. The molecule has 1 amide bonds. The minimum absolute atomic E-state index is 0.0129. The van der Waals surface area contributed by atoms with Gasteiger partial charge in [0.25, 0.3) is 5.88 Å². The summed E-state index contributed by atoms with van der Waals surface area (Å²) >= 11 is 3.28. The highest BCUT2D eigenvalue weighted by Gasteiger charge is 2.55. The maximum Gasteiger partial charge on any atom is 0.410 e. The first kappa shape index (κ1) is 30.2. The van der Waals surface area contributed by atoms with Crippen LogP contribution in [0, 0.1) is 28.8 Å². The lowest BCUT2D eigenvalue weighted by Crippen LogP contribution is -2.50. The number of carbonyl (C=O) groups is 1. The van der Waals surface area contributed by atoms with Gasteiger partial charge in [0.15, 0.2) is 5.82 Å². The van der Waals surface area contributed by atoms with Crippen LogP contribution in [0.3, 0.4) is 0 Å². The molecule has 4 atom stereocenters. The molecular weight excluding hydrogens is 585 g/mol. The van der Waals surface area contributed by atoms with E-state index in [0.717, 1.165) is 25.8 Å². The fourth-order valence-corrected chi connectivity index (χ4v) is 6.05. The quantitative estimate of drug-likeness (QED) is 0.296. The number of aryl methyl sites for hydroxylation is 1. The Morgan fingerprint density at radius 3 is 2.65 bits per heavy atom. The van der Waals surface area contributed by atoms with Crippen LogP contribution in [0.15, 0.2) is 10.5 Å². The molecule has 1 saturated carbocycles. The van der Waals surface area contributed by atoms with Gasteiger partial charge in [0.1, 0.15) is 23.4 Å². The van der Waals surface area contributed by atoms with E-state index in [2.05, 4.69) is 31.1 Å². The zero-order chi connectivity index (χ0) is 29.5. The summed E-state index contributed by atoms with van der Waals surface area (Å²) in [5.74, 6) is -0.725. The van der Waals surface area contributed by atoms with Crippen molar-refractivity contribution >= 4 is 44.3 Å². The Balaban J connectivity index is 0.00000181. The number of carbonyl (C=O) groups excluding carboxylic acids is 1. The maximum atomic E-state index is 15.4. The van der Waals surface area contributed by atoms with Crippen LogP contribution in [-0.4, -0.2) is 76.3 Å². The third-order valence-corrected chi connectivity index (χ3v) is 8.76. The Kier molecular flexibility index (Phi) is 8.79. The number of benzene rings is 1. The van der Waals surface area contributed by atoms with Crippen LogP contribution in [0.25, 0.3) is 10.9 Å². The van der Waals surface area contributed by atoms with Crippen LogP contribution in [0.5, 0.6) is 5.88 Å². The van der Waals surface area contributed by atoms with E-state index in [1.54, 1.807) is 17.9 Å². The van der Waals surface area contributed by atoms with Crippen molar-refractivity contribution in [2.24, 2.45) is 5.92 Å². The normalized spacial score (nSPS) is 23.9. The molecule has 1 N–H and O–H groups in total. The van der Waals surface area contributed by atoms with Gasteiger partial charge in [0.05, 0.1) is 21.5 Å². The largest absolute Gasteiger partial charge is 0.471 e. The van der Waals surface area contributed by atoms with Gasteiger partial charge in [0, 0.05) is 23.9 Å². The summed E-state index contributed by atoms with van der Waals surface area (Å²) in [4.78, 5) is 32.8. The maximum absolute atomic E-state index is 15.4. The van der Waals surface area contributed by atoms with Gasteiger partial charge in [-0.25, -0.2) is 14.2 Å². The van der Waals surface area contributed by atoms with E-state index >= 15 is 4.39 Å². The molecule has 1 aliphatic carbocycles. The number of ether oxygens (including phenoxy) is 2. The fourth-order valence-electron chi connectivity index (χ4n) is 5.74. The summed E-state index contributed by atoms with van der Waals surface area (Å²) in [6.45, 7) is 12.8. The first-order valence-corrected chi connectivity index (χ1v) is 14.7.